The van der Waals surface area contributed by atoms with Crippen molar-refractivity contribution >= 4 is 46.4 Å². The van der Waals surface area contributed by atoms with Gasteiger partial charge >= 0.3 is 0 Å². The number of halogens is 2. The molecule has 114 valence electrons. The van der Waals surface area contributed by atoms with Gasteiger partial charge in [-0.1, -0.05) is 13.0 Å². The van der Waals surface area contributed by atoms with Crippen molar-refractivity contribution in [2.75, 3.05) is 10.6 Å². The van der Waals surface area contributed by atoms with Crippen LogP contribution in [0.25, 0.3) is 0 Å². The van der Waals surface area contributed by atoms with Crippen molar-refractivity contribution < 1.29 is 9.59 Å². The normalized spacial score (nSPS) is 22.5. The number of anilines is 2. The summed E-state index contributed by atoms with van der Waals surface area (Å²) < 4.78 is -0.996. The van der Waals surface area contributed by atoms with E-state index in [-0.39, 0.29) is 11.8 Å². The van der Waals surface area contributed by atoms with Crippen LogP contribution in [0.4, 0.5) is 11.4 Å². The highest BCUT2D eigenvalue weighted by molar-refractivity contribution is 6.53. The van der Waals surface area contributed by atoms with Crippen LogP contribution in [0.1, 0.15) is 33.1 Å². The van der Waals surface area contributed by atoms with Gasteiger partial charge in [-0.15, -0.1) is 23.2 Å². The van der Waals surface area contributed by atoms with Crippen LogP contribution in [0.3, 0.4) is 0 Å². The number of benzene rings is 1. The molecular formula is C15H18Cl2N2O2. The van der Waals surface area contributed by atoms with Crippen molar-refractivity contribution in [3.63, 3.8) is 0 Å². The molecular weight excluding hydrogens is 311 g/mol. The fourth-order valence-electron chi connectivity index (χ4n) is 2.04. The summed E-state index contributed by atoms with van der Waals surface area (Å²) >= 11 is 12.0. The molecule has 21 heavy (non-hydrogen) atoms. The summed E-state index contributed by atoms with van der Waals surface area (Å²) in [4.78, 5) is 23.7. The van der Waals surface area contributed by atoms with Crippen molar-refractivity contribution in [3.05, 3.63) is 24.3 Å². The molecule has 2 rings (SSSR count). The number of nitrogens with one attached hydrogen (secondary N) is 2. The van der Waals surface area contributed by atoms with Crippen LogP contribution in [-0.2, 0) is 9.59 Å². The van der Waals surface area contributed by atoms with E-state index in [0.29, 0.717) is 24.2 Å². The number of amides is 2. The number of carbonyl (C=O) groups is 2. The van der Waals surface area contributed by atoms with Crippen LogP contribution < -0.4 is 10.6 Å². The summed E-state index contributed by atoms with van der Waals surface area (Å²) in [6, 6.07) is 7.00. The molecule has 0 aromatic heterocycles. The van der Waals surface area contributed by atoms with E-state index in [9.17, 15) is 9.59 Å². The summed E-state index contributed by atoms with van der Waals surface area (Å²) in [5.41, 5.74) is 0.485. The Labute approximate surface area is 134 Å². The lowest BCUT2D eigenvalue weighted by Gasteiger charge is -2.13. The number of alkyl halides is 2. The molecule has 1 aromatic carbocycles. The molecule has 0 bridgehead atoms. The van der Waals surface area contributed by atoms with Gasteiger partial charge in [0.05, 0.1) is 5.41 Å². The zero-order chi connectivity index (χ0) is 15.7. The Bertz CT molecular complexity index is 575. The first kappa shape index (κ1) is 16.1. The van der Waals surface area contributed by atoms with E-state index in [1.165, 1.54) is 0 Å². The third-order valence-corrected chi connectivity index (χ3v) is 4.74. The SMILES string of the molecule is CCCC(=O)Nc1cccc(NC(=O)C2(C)CC2(Cl)Cl)c1. The Kier molecular flexibility index (Phi) is 4.49. The predicted molar refractivity (Wildman–Crippen MR) is 85.8 cm³/mol. The molecule has 0 radical (unpaired) electrons. The van der Waals surface area contributed by atoms with E-state index >= 15 is 0 Å². The summed E-state index contributed by atoms with van der Waals surface area (Å²) in [5.74, 6) is -0.264. The lowest BCUT2D eigenvalue weighted by Crippen LogP contribution is -2.26. The van der Waals surface area contributed by atoms with Gasteiger partial charge in [0, 0.05) is 17.8 Å². The maximum Gasteiger partial charge on any atom is 0.233 e. The highest BCUT2D eigenvalue weighted by Crippen LogP contribution is 2.64. The van der Waals surface area contributed by atoms with Crippen LogP contribution in [0.5, 0.6) is 0 Å². The summed E-state index contributed by atoms with van der Waals surface area (Å²) in [6.45, 7) is 3.67. The largest absolute Gasteiger partial charge is 0.326 e. The maximum absolute atomic E-state index is 12.2. The summed E-state index contributed by atoms with van der Waals surface area (Å²) in [7, 11) is 0. The average molecular weight is 329 g/mol. The maximum atomic E-state index is 12.2. The van der Waals surface area contributed by atoms with E-state index in [4.69, 9.17) is 23.2 Å². The Morgan fingerprint density at radius 3 is 2.33 bits per heavy atom. The van der Waals surface area contributed by atoms with Gasteiger partial charge in [-0.05, 0) is 38.0 Å². The van der Waals surface area contributed by atoms with Crippen molar-refractivity contribution in [3.8, 4) is 0 Å². The van der Waals surface area contributed by atoms with E-state index < -0.39 is 9.75 Å². The average Bonchev–Trinajstić information content (AvgIpc) is 2.90. The molecule has 1 unspecified atom stereocenters. The molecule has 0 saturated heterocycles. The van der Waals surface area contributed by atoms with Crippen molar-refractivity contribution in [2.24, 2.45) is 5.41 Å². The minimum atomic E-state index is -0.996. The second-order valence-corrected chi connectivity index (χ2v) is 7.03. The minimum absolute atomic E-state index is 0.0457. The van der Waals surface area contributed by atoms with E-state index in [1.54, 1.807) is 31.2 Å². The molecule has 0 heterocycles. The van der Waals surface area contributed by atoms with Crippen molar-refractivity contribution in [1.29, 1.82) is 0 Å². The van der Waals surface area contributed by atoms with Crippen LogP contribution in [0, 0.1) is 5.41 Å². The Hall–Kier alpha value is -1.26. The highest BCUT2D eigenvalue weighted by atomic mass is 35.5. The fourth-order valence-corrected chi connectivity index (χ4v) is 2.75. The quantitative estimate of drug-likeness (QED) is 0.804. The van der Waals surface area contributed by atoms with Crippen LogP contribution in [0.2, 0.25) is 0 Å². The van der Waals surface area contributed by atoms with Gasteiger partial charge in [0.2, 0.25) is 11.8 Å². The molecule has 6 heteroatoms. The van der Waals surface area contributed by atoms with E-state index in [0.717, 1.165) is 6.42 Å². The molecule has 4 nitrogen and oxygen atoms in total. The number of hydrogen-bond acceptors (Lipinski definition) is 2. The molecule has 0 aliphatic heterocycles. The predicted octanol–water partition coefficient (Wildman–Crippen LogP) is 3.95. The van der Waals surface area contributed by atoms with Gasteiger partial charge in [0.15, 0.2) is 0 Å². The molecule has 1 saturated carbocycles. The van der Waals surface area contributed by atoms with Crippen LogP contribution >= 0.6 is 23.2 Å². The zero-order valence-corrected chi connectivity index (χ0v) is 13.5. The van der Waals surface area contributed by atoms with Crippen molar-refractivity contribution in [1.82, 2.24) is 0 Å². The molecule has 1 aromatic rings. The third kappa shape index (κ3) is 3.50. The van der Waals surface area contributed by atoms with Crippen LogP contribution in [-0.4, -0.2) is 16.1 Å². The first-order valence-corrected chi connectivity index (χ1v) is 7.63. The Morgan fingerprint density at radius 2 is 1.81 bits per heavy atom. The lowest BCUT2D eigenvalue weighted by atomic mass is 10.1. The third-order valence-electron chi connectivity index (χ3n) is 3.64. The van der Waals surface area contributed by atoms with Gasteiger partial charge < -0.3 is 10.6 Å². The van der Waals surface area contributed by atoms with Gasteiger partial charge in [0.1, 0.15) is 4.33 Å². The molecule has 2 N–H and O–H groups in total. The topological polar surface area (TPSA) is 58.2 Å². The Balaban J connectivity index is 2.02. The molecule has 1 fully saturated rings. The Morgan fingerprint density at radius 1 is 1.24 bits per heavy atom. The van der Waals surface area contributed by atoms with E-state index in [2.05, 4.69) is 10.6 Å². The first-order chi connectivity index (χ1) is 9.78. The standard InChI is InChI=1S/C15H18Cl2N2O2/c1-3-5-12(20)18-10-6-4-7-11(8-10)19-13(21)14(2)9-15(14,16)17/h4,6-8H,3,5,9H2,1-2H3,(H,18,20)(H,19,21). The minimum Gasteiger partial charge on any atom is -0.326 e. The number of hydrogen-bond donors (Lipinski definition) is 2. The van der Waals surface area contributed by atoms with Gasteiger partial charge in [-0.2, -0.15) is 0 Å². The molecule has 0 spiro atoms. The number of carbonyl (C=O) groups excluding carboxylic acids is 2. The summed E-state index contributed by atoms with van der Waals surface area (Å²) in [6.07, 6.45) is 1.69. The van der Waals surface area contributed by atoms with Gasteiger partial charge in [0.25, 0.3) is 0 Å². The van der Waals surface area contributed by atoms with Crippen molar-refractivity contribution in [2.45, 2.75) is 37.4 Å². The molecule has 1 aliphatic carbocycles. The smallest absolute Gasteiger partial charge is 0.233 e. The van der Waals surface area contributed by atoms with Gasteiger partial charge in [-0.3, -0.25) is 9.59 Å². The fraction of sp³-hybridized carbons (Fsp3) is 0.467. The number of rotatable bonds is 5. The second-order valence-electron chi connectivity index (χ2n) is 5.55. The van der Waals surface area contributed by atoms with Gasteiger partial charge in [-0.25, -0.2) is 0 Å². The monoisotopic (exact) mass is 328 g/mol. The zero-order valence-electron chi connectivity index (χ0n) is 12.0. The second kappa shape index (κ2) is 5.85. The molecule has 1 aliphatic rings. The highest BCUT2D eigenvalue weighted by Gasteiger charge is 2.67. The lowest BCUT2D eigenvalue weighted by molar-refractivity contribution is -0.120. The molecule has 1 atom stereocenters. The van der Waals surface area contributed by atoms with E-state index in [1.807, 2.05) is 6.92 Å². The summed E-state index contributed by atoms with van der Waals surface area (Å²) in [5, 5.41) is 5.57. The van der Waals surface area contributed by atoms with Crippen LogP contribution in [0.15, 0.2) is 24.3 Å². The molecule has 2 amide bonds. The first-order valence-electron chi connectivity index (χ1n) is 6.88.